The predicted octanol–water partition coefficient (Wildman–Crippen LogP) is 16.7. The summed E-state index contributed by atoms with van der Waals surface area (Å²) < 4.78 is 0. The minimum Gasteiger partial charge on any atom is -0.310 e. The molecule has 0 spiro atoms. The summed E-state index contributed by atoms with van der Waals surface area (Å²) in [5.41, 5.74) is 20.6. The van der Waals surface area contributed by atoms with Crippen molar-refractivity contribution in [1.82, 2.24) is 0 Å². The highest BCUT2D eigenvalue weighted by molar-refractivity contribution is 5.85. The van der Waals surface area contributed by atoms with Crippen molar-refractivity contribution in [1.29, 1.82) is 0 Å². The topological polar surface area (TPSA) is 6.48 Å². The van der Waals surface area contributed by atoms with Crippen LogP contribution in [0, 0.1) is 20.8 Å². The van der Waals surface area contributed by atoms with Gasteiger partial charge < -0.3 is 9.80 Å². The maximum Gasteiger partial charge on any atom is 0.0522 e. The maximum absolute atomic E-state index is 2.43. The van der Waals surface area contributed by atoms with Crippen molar-refractivity contribution in [3.63, 3.8) is 0 Å². The Morgan fingerprint density at radius 3 is 1.13 bits per heavy atom. The average molecular weight is 791 g/mol. The van der Waals surface area contributed by atoms with E-state index in [-0.39, 0.29) is 0 Å². The van der Waals surface area contributed by atoms with E-state index in [0.717, 1.165) is 35.6 Å². The lowest BCUT2D eigenvalue weighted by molar-refractivity contribution is 1.09. The molecule has 0 saturated heterocycles. The molecule has 0 unspecified atom stereocenters. The van der Waals surface area contributed by atoms with Crippen molar-refractivity contribution in [2.75, 3.05) is 9.80 Å². The van der Waals surface area contributed by atoms with E-state index in [9.17, 15) is 0 Å². The van der Waals surface area contributed by atoms with Crippen LogP contribution in [-0.4, -0.2) is 0 Å². The van der Waals surface area contributed by atoms with Gasteiger partial charge in [-0.15, -0.1) is 0 Å². The van der Waals surface area contributed by atoms with Crippen molar-refractivity contribution >= 4 is 58.4 Å². The molecule has 2 heteroatoms. The molecule has 8 rings (SSSR count). The molecule has 0 atom stereocenters. The smallest absolute Gasteiger partial charge is 0.0522 e. The molecule has 0 aliphatic heterocycles. The van der Waals surface area contributed by atoms with E-state index < -0.39 is 0 Å². The van der Waals surface area contributed by atoms with Crippen molar-refractivity contribution in [2.24, 2.45) is 0 Å². The van der Waals surface area contributed by atoms with Gasteiger partial charge in [0.05, 0.1) is 11.4 Å². The highest BCUT2D eigenvalue weighted by Crippen LogP contribution is 2.42. The molecule has 0 aliphatic rings. The molecule has 0 heterocycles. The Morgan fingerprint density at radius 1 is 0.344 bits per heavy atom. The zero-order valence-corrected chi connectivity index (χ0v) is 36.0. The highest BCUT2D eigenvalue weighted by atomic mass is 15.2. The molecule has 300 valence electrons. The van der Waals surface area contributed by atoms with Gasteiger partial charge in [-0.2, -0.15) is 0 Å². The zero-order chi connectivity index (χ0) is 42.1. The molecule has 2 nitrogen and oxygen atoms in total. The van der Waals surface area contributed by atoms with Crippen molar-refractivity contribution in [2.45, 2.75) is 47.5 Å². The third kappa shape index (κ3) is 9.35. The fraction of sp³-hybridized carbons (Fsp3) is 0.119. The summed E-state index contributed by atoms with van der Waals surface area (Å²) in [7, 11) is 0. The molecule has 0 bridgehead atoms. The lowest BCUT2D eigenvalue weighted by Gasteiger charge is -2.30. The van der Waals surface area contributed by atoms with E-state index in [1.807, 2.05) is 0 Å². The Balaban J connectivity index is 1.11. The fourth-order valence-electron chi connectivity index (χ4n) is 8.37. The molecule has 0 aliphatic carbocycles. The molecule has 8 aromatic carbocycles. The number of hydrogen-bond donors (Lipinski definition) is 0. The minimum atomic E-state index is 0.949. The summed E-state index contributed by atoms with van der Waals surface area (Å²) >= 11 is 0. The van der Waals surface area contributed by atoms with Gasteiger partial charge in [-0.1, -0.05) is 183 Å². The molecule has 0 amide bonds. The molecule has 0 radical (unpaired) electrons. The van der Waals surface area contributed by atoms with Crippen LogP contribution in [0.5, 0.6) is 0 Å². The van der Waals surface area contributed by atoms with Gasteiger partial charge in [0, 0.05) is 22.7 Å². The van der Waals surface area contributed by atoms with Gasteiger partial charge in [0.1, 0.15) is 0 Å². The van der Waals surface area contributed by atoms with Crippen LogP contribution in [0.4, 0.5) is 34.1 Å². The molecule has 0 aromatic heterocycles. The van der Waals surface area contributed by atoms with Gasteiger partial charge in [-0.05, 0) is 138 Å². The average Bonchev–Trinajstić information content (AvgIpc) is 3.30. The third-order valence-corrected chi connectivity index (χ3v) is 11.5. The zero-order valence-electron chi connectivity index (χ0n) is 36.0. The van der Waals surface area contributed by atoms with Gasteiger partial charge in [0.15, 0.2) is 0 Å². The largest absolute Gasteiger partial charge is 0.310 e. The first-order valence-corrected chi connectivity index (χ1v) is 21.5. The van der Waals surface area contributed by atoms with Crippen LogP contribution in [0.1, 0.15) is 63.9 Å². The first-order valence-electron chi connectivity index (χ1n) is 21.5. The maximum atomic E-state index is 2.43. The van der Waals surface area contributed by atoms with Crippen LogP contribution in [0.2, 0.25) is 0 Å². The molecular formula is C59H54N2. The quantitative estimate of drug-likeness (QED) is 0.107. The standard InChI is InChI=1S/C59H54N2/c1-6-50-20-14-15-44(4)58(50)60(54-33-25-48(26-34-54)23-21-46-16-10-8-11-17-46)56-37-29-52(30-38-56)53-31-39-57(40-32-53)61(59-45(5)41-43(3)42-51(59)7-2)55-35-27-49(28-36-55)24-22-47-18-12-9-13-19-47/h8-42H,6-7H2,1-5H3/b23-21+,24-22+. The predicted molar refractivity (Wildman–Crippen MR) is 265 cm³/mol. The van der Waals surface area contributed by atoms with Gasteiger partial charge >= 0.3 is 0 Å². The first-order chi connectivity index (χ1) is 29.9. The lowest BCUT2D eigenvalue weighted by atomic mass is 9.99. The summed E-state index contributed by atoms with van der Waals surface area (Å²) in [5.74, 6) is 0. The van der Waals surface area contributed by atoms with E-state index in [4.69, 9.17) is 0 Å². The van der Waals surface area contributed by atoms with E-state index in [1.54, 1.807) is 0 Å². The molecule has 61 heavy (non-hydrogen) atoms. The Morgan fingerprint density at radius 2 is 0.721 bits per heavy atom. The van der Waals surface area contributed by atoms with E-state index in [0.29, 0.717) is 0 Å². The summed E-state index contributed by atoms with van der Waals surface area (Å²) in [6.45, 7) is 11.1. The Bertz CT molecular complexity index is 2740. The normalized spacial score (nSPS) is 11.4. The van der Waals surface area contributed by atoms with Crippen molar-refractivity contribution < 1.29 is 0 Å². The second kappa shape index (κ2) is 18.8. The van der Waals surface area contributed by atoms with Crippen LogP contribution in [0.3, 0.4) is 0 Å². The number of nitrogens with zero attached hydrogens (tertiary/aromatic N) is 2. The number of para-hydroxylation sites is 1. The molecule has 0 fully saturated rings. The number of hydrogen-bond acceptors (Lipinski definition) is 2. The van der Waals surface area contributed by atoms with Crippen LogP contribution >= 0.6 is 0 Å². The van der Waals surface area contributed by atoms with E-state index in [1.165, 1.54) is 72.6 Å². The Labute approximate surface area is 363 Å². The minimum absolute atomic E-state index is 0.949. The summed E-state index contributed by atoms with van der Waals surface area (Å²) in [4.78, 5) is 4.85. The van der Waals surface area contributed by atoms with Gasteiger partial charge in [0.25, 0.3) is 0 Å². The van der Waals surface area contributed by atoms with Crippen LogP contribution < -0.4 is 9.80 Å². The Hall–Kier alpha value is -7.16. The van der Waals surface area contributed by atoms with Gasteiger partial charge in [-0.3, -0.25) is 0 Å². The summed E-state index contributed by atoms with van der Waals surface area (Å²) in [5, 5.41) is 0. The molecule has 0 N–H and O–H groups in total. The van der Waals surface area contributed by atoms with Crippen LogP contribution in [0.25, 0.3) is 35.4 Å². The summed E-state index contributed by atoms with van der Waals surface area (Å²) in [6, 6.07) is 68.1. The van der Waals surface area contributed by atoms with Crippen LogP contribution in [-0.2, 0) is 12.8 Å². The molecule has 8 aromatic rings. The Kier molecular flexibility index (Phi) is 12.5. The fourth-order valence-corrected chi connectivity index (χ4v) is 8.37. The van der Waals surface area contributed by atoms with Gasteiger partial charge in [0.2, 0.25) is 0 Å². The number of aryl methyl sites for hydroxylation is 5. The first kappa shape index (κ1) is 40.6. The molecular weight excluding hydrogens is 737 g/mol. The van der Waals surface area contributed by atoms with Crippen LogP contribution in [0.15, 0.2) is 188 Å². The van der Waals surface area contributed by atoms with E-state index >= 15 is 0 Å². The van der Waals surface area contributed by atoms with Gasteiger partial charge in [-0.25, -0.2) is 0 Å². The second-order valence-corrected chi connectivity index (χ2v) is 15.8. The van der Waals surface area contributed by atoms with Crippen molar-refractivity contribution in [3.05, 3.63) is 238 Å². The molecule has 0 saturated carbocycles. The number of anilines is 6. The third-order valence-electron chi connectivity index (χ3n) is 11.5. The SMILES string of the molecule is CCc1cccc(C)c1N(c1ccc(/C=C/c2ccccc2)cc1)c1ccc(-c2ccc(N(c3ccc(/C=C/c4ccccc4)cc3)c3c(C)cc(C)cc3CC)cc2)cc1. The lowest BCUT2D eigenvalue weighted by Crippen LogP contribution is -2.14. The number of rotatable bonds is 13. The monoisotopic (exact) mass is 790 g/mol. The van der Waals surface area contributed by atoms with E-state index in [2.05, 4.69) is 257 Å². The summed E-state index contributed by atoms with van der Waals surface area (Å²) in [6.07, 6.45) is 10.6. The van der Waals surface area contributed by atoms with Crippen molar-refractivity contribution in [3.8, 4) is 11.1 Å². The highest BCUT2D eigenvalue weighted by Gasteiger charge is 2.20. The number of benzene rings is 8. The second-order valence-electron chi connectivity index (χ2n) is 15.8.